The first-order chi connectivity index (χ1) is 8.62. The molecule has 0 aliphatic rings. The van der Waals surface area contributed by atoms with Gasteiger partial charge in [0.05, 0.1) is 0 Å². The zero-order chi connectivity index (χ0) is 14.0. The van der Waals surface area contributed by atoms with Crippen LogP contribution in [-0.2, 0) is 0 Å². The van der Waals surface area contributed by atoms with Gasteiger partial charge in [-0.2, -0.15) is 0 Å². The van der Waals surface area contributed by atoms with Crippen molar-refractivity contribution in [1.29, 1.82) is 0 Å². The average Bonchev–Trinajstić information content (AvgIpc) is 2.39. The highest BCUT2D eigenvalue weighted by Gasteiger charge is 2.11. The van der Waals surface area contributed by atoms with Crippen LogP contribution < -0.4 is 0 Å². The number of allylic oxidation sites excluding steroid dienone is 4. The van der Waals surface area contributed by atoms with Crippen LogP contribution in [0, 0.1) is 0 Å². The lowest BCUT2D eigenvalue weighted by Crippen LogP contribution is -1.96. The topological polar surface area (TPSA) is 0 Å². The molecule has 0 aromatic rings. The molecular formula is C16H28I2. The molecular weight excluding hydrogens is 446 g/mol. The molecule has 0 nitrogen and oxygen atoms in total. The molecule has 0 bridgehead atoms. The van der Waals surface area contributed by atoms with E-state index in [-0.39, 0.29) is 0 Å². The molecule has 0 aromatic heterocycles. The molecule has 0 atom stereocenters. The molecule has 0 aliphatic carbocycles. The second kappa shape index (κ2) is 11.7. The van der Waals surface area contributed by atoms with Crippen LogP contribution >= 0.6 is 45.2 Å². The van der Waals surface area contributed by atoms with Crippen molar-refractivity contribution >= 4 is 45.2 Å². The van der Waals surface area contributed by atoms with Crippen LogP contribution in [-0.4, -0.2) is 0 Å². The van der Waals surface area contributed by atoms with Gasteiger partial charge in [0.15, 0.2) is 0 Å². The maximum absolute atomic E-state index is 2.60. The summed E-state index contributed by atoms with van der Waals surface area (Å²) < 4.78 is 3.18. The van der Waals surface area contributed by atoms with E-state index >= 15 is 0 Å². The minimum absolute atomic E-state index is 1.18. The molecule has 0 spiro atoms. The third-order valence-corrected chi connectivity index (χ3v) is 5.82. The lowest BCUT2D eigenvalue weighted by molar-refractivity contribution is 0.763. The van der Waals surface area contributed by atoms with Crippen molar-refractivity contribution in [2.75, 3.05) is 0 Å². The van der Waals surface area contributed by atoms with E-state index in [0.29, 0.717) is 0 Å². The number of unbranched alkanes of at least 4 members (excludes halogenated alkanes) is 2. The molecule has 0 saturated carbocycles. The molecule has 0 fully saturated rings. The molecule has 0 heterocycles. The smallest absolute Gasteiger partial charge is 0.00590 e. The summed E-state index contributed by atoms with van der Waals surface area (Å²) in [6, 6.07) is 0. The van der Waals surface area contributed by atoms with Crippen LogP contribution in [0.5, 0.6) is 0 Å². The van der Waals surface area contributed by atoms with Crippen molar-refractivity contribution in [3.05, 3.63) is 18.3 Å². The Bertz CT molecular complexity index is 287. The van der Waals surface area contributed by atoms with Crippen LogP contribution in [0.4, 0.5) is 0 Å². The van der Waals surface area contributed by atoms with Gasteiger partial charge in [-0.1, -0.05) is 40.5 Å². The highest BCUT2D eigenvalue weighted by molar-refractivity contribution is 14.1. The summed E-state index contributed by atoms with van der Waals surface area (Å²) in [5, 5.41) is 0. The van der Waals surface area contributed by atoms with Gasteiger partial charge in [0.1, 0.15) is 0 Å². The molecule has 0 radical (unpaired) electrons. The maximum atomic E-state index is 2.60. The minimum Gasteiger partial charge on any atom is -0.0654 e. The zero-order valence-corrected chi connectivity index (χ0v) is 16.7. The van der Waals surface area contributed by atoms with Crippen molar-refractivity contribution in [3.63, 3.8) is 0 Å². The van der Waals surface area contributed by atoms with Crippen molar-refractivity contribution in [1.82, 2.24) is 0 Å². The van der Waals surface area contributed by atoms with Crippen LogP contribution in [0.15, 0.2) is 18.3 Å². The first kappa shape index (κ1) is 18.9. The predicted octanol–water partition coefficient (Wildman–Crippen LogP) is 7.57. The summed E-state index contributed by atoms with van der Waals surface area (Å²) in [4.78, 5) is 0. The Hall–Kier alpha value is 0.940. The molecule has 106 valence electrons. The minimum atomic E-state index is 1.18. The van der Waals surface area contributed by atoms with Crippen molar-refractivity contribution in [2.45, 2.75) is 79.1 Å². The zero-order valence-electron chi connectivity index (χ0n) is 12.4. The predicted molar refractivity (Wildman–Crippen MR) is 102 cm³/mol. The first-order valence-electron chi connectivity index (χ1n) is 7.37. The molecule has 0 rings (SSSR count). The summed E-state index contributed by atoms with van der Waals surface area (Å²) in [7, 11) is 0. The second-order valence-electron chi connectivity index (χ2n) is 4.68. The van der Waals surface area contributed by atoms with E-state index in [1.54, 1.807) is 18.3 Å². The van der Waals surface area contributed by atoms with Crippen LogP contribution in [0.2, 0.25) is 0 Å². The first-order valence-corrected chi connectivity index (χ1v) is 9.53. The highest BCUT2D eigenvalue weighted by atomic mass is 127. The summed E-state index contributed by atoms with van der Waals surface area (Å²) in [5.41, 5.74) is 3.30. The molecule has 2 heteroatoms. The summed E-state index contributed by atoms with van der Waals surface area (Å²) in [6.07, 6.45) is 10.1. The molecule has 0 amide bonds. The van der Waals surface area contributed by atoms with Crippen LogP contribution in [0.25, 0.3) is 0 Å². The van der Waals surface area contributed by atoms with E-state index in [4.69, 9.17) is 0 Å². The van der Waals surface area contributed by atoms with Crippen molar-refractivity contribution in [2.24, 2.45) is 0 Å². The second-order valence-corrected chi connectivity index (χ2v) is 7.29. The lowest BCUT2D eigenvalue weighted by Gasteiger charge is -2.16. The Morgan fingerprint density at radius 3 is 1.67 bits per heavy atom. The van der Waals surface area contributed by atoms with Crippen LogP contribution in [0.1, 0.15) is 79.1 Å². The number of hydrogen-bond acceptors (Lipinski definition) is 0. The van der Waals surface area contributed by atoms with Gasteiger partial charge in [-0.25, -0.2) is 0 Å². The summed E-state index contributed by atoms with van der Waals surface area (Å²) in [6.45, 7) is 9.14. The van der Waals surface area contributed by atoms with E-state index in [1.807, 2.05) is 0 Å². The van der Waals surface area contributed by atoms with Gasteiger partial charge in [0, 0.05) is 0 Å². The molecule has 0 aliphatic heterocycles. The third-order valence-electron chi connectivity index (χ3n) is 3.21. The quantitative estimate of drug-likeness (QED) is 0.239. The van der Waals surface area contributed by atoms with Gasteiger partial charge >= 0.3 is 0 Å². The average molecular weight is 474 g/mol. The van der Waals surface area contributed by atoms with Crippen molar-refractivity contribution < 1.29 is 0 Å². The standard InChI is InChI=1S/C16H28I2/c1-5-9-11-14(16(18)12-10-6-2)13(7-3)15(17)8-4/h5-12H2,1-4H3/b15-13-,16-14-. The maximum Gasteiger partial charge on any atom is -0.00590 e. The fraction of sp³-hybridized carbons (Fsp3) is 0.750. The number of hydrogen-bond donors (Lipinski definition) is 0. The van der Waals surface area contributed by atoms with Gasteiger partial charge in [-0.15, -0.1) is 0 Å². The van der Waals surface area contributed by atoms with E-state index in [1.165, 1.54) is 51.4 Å². The monoisotopic (exact) mass is 474 g/mol. The number of rotatable bonds is 9. The van der Waals surface area contributed by atoms with Gasteiger partial charge in [-0.05, 0) is 102 Å². The van der Waals surface area contributed by atoms with Crippen molar-refractivity contribution in [3.8, 4) is 0 Å². The molecule has 0 unspecified atom stereocenters. The Labute approximate surface area is 141 Å². The highest BCUT2D eigenvalue weighted by Crippen LogP contribution is 2.34. The van der Waals surface area contributed by atoms with Gasteiger partial charge in [0.25, 0.3) is 0 Å². The fourth-order valence-corrected chi connectivity index (χ4v) is 3.75. The van der Waals surface area contributed by atoms with Crippen LogP contribution in [0.3, 0.4) is 0 Å². The molecule has 0 N–H and O–H groups in total. The Morgan fingerprint density at radius 1 is 0.667 bits per heavy atom. The van der Waals surface area contributed by atoms with E-state index in [9.17, 15) is 0 Å². The van der Waals surface area contributed by atoms with E-state index < -0.39 is 0 Å². The van der Waals surface area contributed by atoms with Gasteiger partial charge < -0.3 is 0 Å². The van der Waals surface area contributed by atoms with E-state index in [2.05, 4.69) is 72.9 Å². The molecule has 0 aromatic carbocycles. The molecule has 18 heavy (non-hydrogen) atoms. The lowest BCUT2D eigenvalue weighted by atomic mass is 9.95. The summed E-state index contributed by atoms with van der Waals surface area (Å²) >= 11 is 5.14. The number of halogens is 2. The van der Waals surface area contributed by atoms with Gasteiger partial charge in [-0.3, -0.25) is 0 Å². The fourth-order valence-electron chi connectivity index (χ4n) is 2.07. The normalized spacial score (nSPS) is 14.3. The Morgan fingerprint density at radius 2 is 1.22 bits per heavy atom. The van der Waals surface area contributed by atoms with Gasteiger partial charge in [0.2, 0.25) is 0 Å². The van der Waals surface area contributed by atoms with E-state index in [0.717, 1.165) is 0 Å². The Balaban J connectivity index is 5.18. The molecule has 0 saturated heterocycles. The largest absolute Gasteiger partial charge is 0.0654 e. The third kappa shape index (κ3) is 6.92. The SMILES string of the molecule is CCCC/C(I)=C(CCCC)/C(CC)=C(\I)CC. The summed E-state index contributed by atoms with van der Waals surface area (Å²) in [5.74, 6) is 0. The Kier molecular flexibility index (Phi) is 12.4.